The average molecular weight is 346 g/mol. The molecule has 0 bridgehead atoms. The minimum absolute atomic E-state index is 0.250. The lowest BCUT2D eigenvalue weighted by molar-refractivity contribution is 0.102. The van der Waals surface area contributed by atoms with Crippen LogP contribution in [0.5, 0.6) is 0 Å². The van der Waals surface area contributed by atoms with Gasteiger partial charge >= 0.3 is 0 Å². The van der Waals surface area contributed by atoms with Crippen LogP contribution in [0, 0.1) is 11.3 Å². The van der Waals surface area contributed by atoms with Crippen LogP contribution >= 0.6 is 11.8 Å². The van der Waals surface area contributed by atoms with Gasteiger partial charge in [-0.1, -0.05) is 6.07 Å². The normalized spacial score (nSPS) is 10.0. The molecule has 1 aromatic carbocycles. The van der Waals surface area contributed by atoms with Crippen molar-refractivity contribution < 1.29 is 4.79 Å². The summed E-state index contributed by atoms with van der Waals surface area (Å²) >= 11 is 1.49. The summed E-state index contributed by atoms with van der Waals surface area (Å²) < 4.78 is 0. The number of carbonyl (C=O) groups excluding carboxylic acids is 1. The summed E-state index contributed by atoms with van der Waals surface area (Å²) in [7, 11) is 0. The van der Waals surface area contributed by atoms with Crippen LogP contribution in [-0.4, -0.2) is 15.9 Å². The van der Waals surface area contributed by atoms with Crippen molar-refractivity contribution >= 4 is 23.4 Å². The fraction of sp³-hybridized carbons (Fsp3) is 0.0526. The summed E-state index contributed by atoms with van der Waals surface area (Å²) in [5, 5.41) is 12.4. The number of anilines is 1. The standard InChI is InChI=1S/C19H14N4OS/c20-12-15-3-1-4-16(11-15)23-18(24)17-5-2-8-22-19(17)25-13-14-6-9-21-10-7-14/h1-11H,13H2,(H,23,24). The van der Waals surface area contributed by atoms with Gasteiger partial charge in [0.05, 0.1) is 17.2 Å². The fourth-order valence-electron chi connectivity index (χ4n) is 2.17. The Morgan fingerprint density at radius 1 is 1.12 bits per heavy atom. The molecule has 0 saturated heterocycles. The molecule has 0 aliphatic heterocycles. The molecule has 0 fully saturated rings. The number of rotatable bonds is 5. The van der Waals surface area contributed by atoms with E-state index >= 15 is 0 Å². The van der Waals surface area contributed by atoms with Gasteiger partial charge in [-0.25, -0.2) is 4.98 Å². The molecule has 0 aliphatic carbocycles. The molecule has 2 heterocycles. The number of amides is 1. The number of carbonyl (C=O) groups is 1. The number of thioether (sulfide) groups is 1. The third-order valence-corrected chi connectivity index (χ3v) is 4.47. The van der Waals surface area contributed by atoms with Gasteiger partial charge in [0.1, 0.15) is 5.03 Å². The van der Waals surface area contributed by atoms with Gasteiger partial charge in [0, 0.05) is 30.0 Å². The van der Waals surface area contributed by atoms with Gasteiger partial charge in [0.15, 0.2) is 0 Å². The molecule has 0 radical (unpaired) electrons. The Bertz CT molecular complexity index is 922. The van der Waals surface area contributed by atoms with E-state index in [1.54, 1.807) is 55.0 Å². The van der Waals surface area contributed by atoms with Gasteiger partial charge < -0.3 is 5.32 Å². The number of pyridine rings is 2. The van der Waals surface area contributed by atoms with Crippen LogP contribution in [0.2, 0.25) is 0 Å². The molecule has 5 nitrogen and oxygen atoms in total. The molecule has 122 valence electrons. The molecule has 3 aromatic rings. The van der Waals surface area contributed by atoms with Crippen LogP contribution in [0.25, 0.3) is 0 Å². The largest absolute Gasteiger partial charge is 0.322 e. The monoisotopic (exact) mass is 346 g/mol. The topological polar surface area (TPSA) is 78.7 Å². The highest BCUT2D eigenvalue weighted by Gasteiger charge is 2.13. The third kappa shape index (κ3) is 4.43. The molecule has 0 unspecified atom stereocenters. The van der Waals surface area contributed by atoms with Crippen LogP contribution in [0.15, 0.2) is 72.1 Å². The molecular formula is C19H14N4OS. The van der Waals surface area contributed by atoms with E-state index in [0.717, 1.165) is 5.56 Å². The van der Waals surface area contributed by atoms with Crippen molar-refractivity contribution in [1.29, 1.82) is 5.26 Å². The van der Waals surface area contributed by atoms with Gasteiger partial charge in [-0.2, -0.15) is 5.26 Å². The second-order valence-electron chi connectivity index (χ2n) is 5.15. The number of hydrogen-bond acceptors (Lipinski definition) is 5. The minimum Gasteiger partial charge on any atom is -0.322 e. The molecule has 25 heavy (non-hydrogen) atoms. The van der Waals surface area contributed by atoms with Crippen molar-refractivity contribution in [2.75, 3.05) is 5.32 Å². The van der Waals surface area contributed by atoms with Crippen LogP contribution in [0.3, 0.4) is 0 Å². The highest BCUT2D eigenvalue weighted by Crippen LogP contribution is 2.24. The summed E-state index contributed by atoms with van der Waals surface area (Å²) in [6.07, 6.45) is 5.15. The maximum absolute atomic E-state index is 12.6. The lowest BCUT2D eigenvalue weighted by Gasteiger charge is -2.09. The van der Waals surface area contributed by atoms with Gasteiger partial charge in [0.25, 0.3) is 5.91 Å². The molecule has 3 rings (SSSR count). The molecule has 0 saturated carbocycles. The van der Waals surface area contributed by atoms with Crippen LogP contribution < -0.4 is 5.32 Å². The fourth-order valence-corrected chi connectivity index (χ4v) is 3.12. The maximum Gasteiger partial charge on any atom is 0.258 e. The summed E-state index contributed by atoms with van der Waals surface area (Å²) in [5.74, 6) is 0.449. The SMILES string of the molecule is N#Cc1cccc(NC(=O)c2cccnc2SCc2ccncc2)c1. The number of hydrogen-bond donors (Lipinski definition) is 1. The van der Waals surface area contributed by atoms with Crippen molar-refractivity contribution in [3.05, 3.63) is 83.8 Å². The minimum atomic E-state index is -0.250. The van der Waals surface area contributed by atoms with E-state index in [2.05, 4.69) is 21.4 Å². The van der Waals surface area contributed by atoms with Crippen molar-refractivity contribution in [2.24, 2.45) is 0 Å². The molecule has 1 amide bonds. The molecule has 6 heteroatoms. The number of nitrogens with one attached hydrogen (secondary N) is 1. The van der Waals surface area contributed by atoms with Gasteiger partial charge in [-0.05, 0) is 48.0 Å². The van der Waals surface area contributed by atoms with Crippen molar-refractivity contribution in [3.63, 3.8) is 0 Å². The summed E-state index contributed by atoms with van der Waals surface area (Å²) in [6, 6.07) is 16.2. The van der Waals surface area contributed by atoms with Crippen LogP contribution in [0.4, 0.5) is 5.69 Å². The van der Waals surface area contributed by atoms with Gasteiger partial charge in [-0.3, -0.25) is 9.78 Å². The second-order valence-corrected chi connectivity index (χ2v) is 6.11. The van der Waals surface area contributed by atoms with Gasteiger partial charge in [-0.15, -0.1) is 11.8 Å². The number of aromatic nitrogens is 2. The average Bonchev–Trinajstić information content (AvgIpc) is 2.67. The zero-order valence-corrected chi connectivity index (χ0v) is 14.0. The first-order valence-electron chi connectivity index (χ1n) is 7.54. The van der Waals surface area contributed by atoms with Crippen LogP contribution in [0.1, 0.15) is 21.5 Å². The Hall–Kier alpha value is -3.17. The Balaban J connectivity index is 1.75. The lowest BCUT2D eigenvalue weighted by Crippen LogP contribution is -2.13. The van der Waals surface area contributed by atoms with Gasteiger partial charge in [0.2, 0.25) is 0 Å². The zero-order valence-electron chi connectivity index (χ0n) is 13.2. The van der Waals surface area contributed by atoms with Crippen molar-refractivity contribution in [2.45, 2.75) is 10.8 Å². The number of nitrogens with zero attached hydrogens (tertiary/aromatic N) is 3. The predicted octanol–water partition coefficient (Wildman–Crippen LogP) is 3.89. The van der Waals surface area contributed by atoms with E-state index < -0.39 is 0 Å². The number of nitriles is 1. The molecular weight excluding hydrogens is 332 g/mol. The smallest absolute Gasteiger partial charge is 0.258 e. The van der Waals surface area contributed by atoms with E-state index in [1.807, 2.05) is 12.1 Å². The highest BCUT2D eigenvalue weighted by molar-refractivity contribution is 7.98. The molecule has 2 aromatic heterocycles. The molecule has 0 atom stereocenters. The van der Waals surface area contributed by atoms with E-state index in [9.17, 15) is 4.79 Å². The summed E-state index contributed by atoms with van der Waals surface area (Å²) in [6.45, 7) is 0. The lowest BCUT2D eigenvalue weighted by atomic mass is 10.2. The first-order valence-corrected chi connectivity index (χ1v) is 8.53. The zero-order chi connectivity index (χ0) is 17.5. The van der Waals surface area contributed by atoms with Crippen LogP contribution in [-0.2, 0) is 5.75 Å². The van der Waals surface area contributed by atoms with E-state index in [0.29, 0.717) is 27.6 Å². The first kappa shape index (κ1) is 16.7. The van der Waals surface area contributed by atoms with E-state index in [1.165, 1.54) is 11.8 Å². The third-order valence-electron chi connectivity index (χ3n) is 3.39. The molecule has 1 N–H and O–H groups in total. The Kier molecular flexibility index (Phi) is 5.39. The predicted molar refractivity (Wildman–Crippen MR) is 97.1 cm³/mol. The second kappa shape index (κ2) is 8.08. The van der Waals surface area contributed by atoms with Crippen molar-refractivity contribution in [1.82, 2.24) is 9.97 Å². The maximum atomic E-state index is 12.6. The molecule has 0 spiro atoms. The van der Waals surface area contributed by atoms with Crippen molar-refractivity contribution in [3.8, 4) is 6.07 Å². The quantitative estimate of drug-likeness (QED) is 0.709. The summed E-state index contributed by atoms with van der Waals surface area (Å²) in [5.41, 5.74) is 2.69. The van der Waals surface area contributed by atoms with E-state index in [-0.39, 0.29) is 5.91 Å². The summed E-state index contributed by atoms with van der Waals surface area (Å²) in [4.78, 5) is 20.9. The molecule has 0 aliphatic rings. The Morgan fingerprint density at radius 3 is 2.76 bits per heavy atom. The Morgan fingerprint density at radius 2 is 1.96 bits per heavy atom. The first-order chi connectivity index (χ1) is 12.3. The number of benzene rings is 1. The highest BCUT2D eigenvalue weighted by atomic mass is 32.2. The Labute approximate surface area is 149 Å². The van der Waals surface area contributed by atoms with E-state index in [4.69, 9.17) is 5.26 Å².